The lowest BCUT2D eigenvalue weighted by Crippen LogP contribution is -2.67. The Morgan fingerprint density at radius 3 is 2.26 bits per heavy atom. The van der Waals surface area contributed by atoms with Crippen molar-refractivity contribution >= 4 is 24.5 Å². The van der Waals surface area contributed by atoms with Gasteiger partial charge in [-0.2, -0.15) is 10.0 Å². The molecule has 5 atom stereocenters. The van der Waals surface area contributed by atoms with Crippen LogP contribution in [0.3, 0.4) is 0 Å². The van der Waals surface area contributed by atoms with Crippen LogP contribution in [0.5, 0.6) is 0 Å². The smallest absolute Gasteiger partial charge is 0.351 e. The minimum Gasteiger partial charge on any atom is -0.405 e. The van der Waals surface area contributed by atoms with E-state index >= 15 is 0 Å². The van der Waals surface area contributed by atoms with Crippen LogP contribution in [-0.4, -0.2) is 66.4 Å². The lowest BCUT2D eigenvalue weighted by molar-refractivity contribution is -0.284. The predicted octanol–water partition coefficient (Wildman–Crippen LogP) is 2.92. The number of hydrogen-bond donors (Lipinski definition) is 1. The summed E-state index contributed by atoms with van der Waals surface area (Å²) in [4.78, 5) is 22.1. The molecule has 0 bridgehead atoms. The number of nitrogens with zero attached hydrogens (tertiary/aromatic N) is 3. The highest BCUT2D eigenvalue weighted by molar-refractivity contribution is 6.99. The Hall–Kier alpha value is -2.97. The number of benzene rings is 2. The van der Waals surface area contributed by atoms with E-state index in [4.69, 9.17) is 29.2 Å². The van der Waals surface area contributed by atoms with E-state index < -0.39 is 62.2 Å². The molecule has 3 fully saturated rings. The van der Waals surface area contributed by atoms with Crippen LogP contribution in [0.4, 0.5) is 10.2 Å². The van der Waals surface area contributed by atoms with Crippen molar-refractivity contribution in [3.05, 3.63) is 83.2 Å². The van der Waals surface area contributed by atoms with Crippen LogP contribution in [-0.2, 0) is 23.5 Å². The summed E-state index contributed by atoms with van der Waals surface area (Å²) >= 11 is 0. The van der Waals surface area contributed by atoms with Gasteiger partial charge in [0, 0.05) is 13.0 Å². The van der Waals surface area contributed by atoms with Gasteiger partial charge in [0.2, 0.25) is 0 Å². The van der Waals surface area contributed by atoms with Gasteiger partial charge in [-0.05, 0) is 29.3 Å². The minimum atomic E-state index is -2.83. The monoisotopic (exact) mass is 610 g/mol. The third kappa shape index (κ3) is 5.46. The molecule has 0 spiro atoms. The van der Waals surface area contributed by atoms with Crippen LogP contribution in [0.1, 0.15) is 47.3 Å². The molecule has 43 heavy (non-hydrogen) atoms. The molecule has 6 rings (SSSR count). The summed E-state index contributed by atoms with van der Waals surface area (Å²) < 4.78 is 41.7. The molecule has 230 valence electrons. The van der Waals surface area contributed by atoms with Gasteiger partial charge in [-0.15, -0.1) is 0 Å². The second-order valence-corrected chi connectivity index (χ2v) is 17.1. The van der Waals surface area contributed by atoms with Crippen LogP contribution >= 0.6 is 0 Å². The predicted molar refractivity (Wildman–Crippen MR) is 160 cm³/mol. The molecule has 0 aliphatic carbocycles. The summed E-state index contributed by atoms with van der Waals surface area (Å²) in [6, 6.07) is 20.9. The summed E-state index contributed by atoms with van der Waals surface area (Å²) in [5.74, 6) is -2.07. The van der Waals surface area contributed by atoms with E-state index in [-0.39, 0.29) is 11.6 Å². The number of halogens is 1. The highest BCUT2D eigenvalue weighted by atomic mass is 28.4. The molecule has 0 radical (unpaired) electrons. The van der Waals surface area contributed by atoms with E-state index in [1.54, 1.807) is 5.06 Å². The maximum Gasteiger partial charge on any atom is 0.351 e. The molecule has 0 amide bonds. The highest BCUT2D eigenvalue weighted by Crippen LogP contribution is 2.43. The molecule has 3 aliphatic rings. The molecule has 2 N–H and O–H groups in total. The molecular weight excluding hydrogens is 571 g/mol. The average Bonchev–Trinajstić information content (AvgIpc) is 3.65. The molecule has 3 saturated heterocycles. The van der Waals surface area contributed by atoms with Gasteiger partial charge in [0.1, 0.15) is 18.3 Å². The zero-order chi connectivity index (χ0) is 30.6. The van der Waals surface area contributed by atoms with Crippen molar-refractivity contribution in [2.45, 2.75) is 82.6 Å². The molecule has 2 aromatic carbocycles. The molecule has 4 heterocycles. The van der Waals surface area contributed by atoms with Gasteiger partial charge in [0.15, 0.2) is 29.9 Å². The number of hydroxylamine groups is 2. The summed E-state index contributed by atoms with van der Waals surface area (Å²) in [5, 5.41) is 3.78. The van der Waals surface area contributed by atoms with Crippen LogP contribution in [0.25, 0.3) is 0 Å². The first-order chi connectivity index (χ1) is 20.4. The van der Waals surface area contributed by atoms with Crippen molar-refractivity contribution < 1.29 is 27.9 Å². The number of ether oxygens (including phenoxy) is 3. The quantitative estimate of drug-likeness (QED) is 0.404. The first kappa shape index (κ1) is 30.1. The Morgan fingerprint density at radius 2 is 1.65 bits per heavy atom. The summed E-state index contributed by atoms with van der Waals surface area (Å²) in [6.07, 6.45) is -1.31. The van der Waals surface area contributed by atoms with Crippen LogP contribution in [0.2, 0.25) is 5.04 Å². The Labute approximate surface area is 251 Å². The number of aromatic nitrogens is 2. The maximum atomic E-state index is 14.1. The van der Waals surface area contributed by atoms with E-state index in [0.29, 0.717) is 13.0 Å². The fraction of sp³-hybridized carbons (Fsp3) is 0.484. The van der Waals surface area contributed by atoms with Gasteiger partial charge < -0.3 is 24.4 Å². The molecule has 0 saturated carbocycles. The van der Waals surface area contributed by atoms with Gasteiger partial charge in [0.05, 0.1) is 12.8 Å². The molecule has 3 aliphatic heterocycles. The van der Waals surface area contributed by atoms with Crippen molar-refractivity contribution in [3.8, 4) is 0 Å². The third-order valence-electron chi connectivity index (χ3n) is 8.39. The van der Waals surface area contributed by atoms with Crippen molar-refractivity contribution in [3.63, 3.8) is 0 Å². The molecule has 3 aromatic rings. The van der Waals surface area contributed by atoms with Crippen LogP contribution in [0.15, 0.2) is 71.7 Å². The summed E-state index contributed by atoms with van der Waals surface area (Å²) in [7, 11) is -2.83. The molecular formula is C31H39FN4O6Si. The molecule has 0 unspecified atom stereocenters. The van der Waals surface area contributed by atoms with E-state index in [0.717, 1.165) is 10.8 Å². The van der Waals surface area contributed by atoms with Crippen molar-refractivity contribution in [2.75, 3.05) is 18.9 Å². The number of fused-ring (bicyclic) bond motifs is 1. The molecule has 10 nitrogen and oxygen atoms in total. The van der Waals surface area contributed by atoms with E-state index in [1.165, 1.54) is 10.4 Å². The SMILES string of the molecule is CC1(C)O[C@@H]2[C@H](O1)[C@@H](CO[Si](c1ccccc1)(c1ccccc1)C(C)(C)C)O[C@H]2N1CC[C@H](n2cc(F)c(N)nc2=O)O1. The second kappa shape index (κ2) is 11.2. The maximum absolute atomic E-state index is 14.1. The summed E-state index contributed by atoms with van der Waals surface area (Å²) in [5.41, 5.74) is 4.78. The van der Waals surface area contributed by atoms with Gasteiger partial charge >= 0.3 is 5.69 Å². The van der Waals surface area contributed by atoms with Gasteiger partial charge in [-0.3, -0.25) is 9.40 Å². The number of nitrogen functional groups attached to an aromatic ring is 1. The van der Waals surface area contributed by atoms with Gasteiger partial charge in [-0.25, -0.2) is 9.18 Å². The fourth-order valence-corrected chi connectivity index (χ4v) is 11.1. The number of nitrogens with two attached hydrogens (primary N) is 1. The Balaban J connectivity index is 1.28. The average molecular weight is 611 g/mol. The number of hydrogen-bond acceptors (Lipinski definition) is 9. The Morgan fingerprint density at radius 1 is 1.05 bits per heavy atom. The van der Waals surface area contributed by atoms with Crippen molar-refractivity contribution in [1.82, 2.24) is 14.6 Å². The van der Waals surface area contributed by atoms with E-state index in [2.05, 4.69) is 74.3 Å². The normalized spacial score (nSPS) is 27.4. The van der Waals surface area contributed by atoms with Crippen LogP contribution in [0, 0.1) is 5.82 Å². The second-order valence-electron chi connectivity index (χ2n) is 12.8. The summed E-state index contributed by atoms with van der Waals surface area (Å²) in [6.45, 7) is 11.1. The zero-order valence-electron chi connectivity index (χ0n) is 25.1. The minimum absolute atomic E-state index is 0.208. The highest BCUT2D eigenvalue weighted by Gasteiger charge is 2.59. The van der Waals surface area contributed by atoms with Crippen molar-refractivity contribution in [2.24, 2.45) is 0 Å². The van der Waals surface area contributed by atoms with Crippen molar-refractivity contribution in [1.29, 1.82) is 0 Å². The van der Waals surface area contributed by atoms with E-state index in [9.17, 15) is 9.18 Å². The first-order valence-corrected chi connectivity index (χ1v) is 16.5. The number of anilines is 1. The molecule has 1 aromatic heterocycles. The Bertz CT molecular complexity index is 1460. The largest absolute Gasteiger partial charge is 0.405 e. The lowest BCUT2D eigenvalue weighted by Gasteiger charge is -2.43. The number of rotatable bonds is 7. The standard InChI is InChI=1S/C31H39FN4O6Si/c1-30(2,3)43(20-12-8-6-9-13-20,21-14-10-7-11-15-21)38-19-23-25-26(41-31(4,5)40-25)28(39-23)36-17-16-24(42-36)35-18-22(32)27(33)34-29(35)37/h6-15,18,23-26,28H,16-17,19H2,1-5H3,(H2,33,34,37)/t23-,24-,25-,26-,28-/m1/s1. The third-order valence-corrected chi connectivity index (χ3v) is 13.4. The lowest BCUT2D eigenvalue weighted by atomic mass is 10.1. The van der Waals surface area contributed by atoms with Gasteiger partial charge in [-0.1, -0.05) is 81.4 Å². The van der Waals surface area contributed by atoms with Gasteiger partial charge in [0.25, 0.3) is 8.32 Å². The molecule has 12 heteroatoms. The van der Waals surface area contributed by atoms with E-state index in [1.807, 2.05) is 26.0 Å². The van der Waals surface area contributed by atoms with Crippen LogP contribution < -0.4 is 21.8 Å². The zero-order valence-corrected chi connectivity index (χ0v) is 26.1. The topological polar surface area (TPSA) is 110 Å². The fourth-order valence-electron chi connectivity index (χ4n) is 6.53. The Kier molecular flexibility index (Phi) is 7.82. The first-order valence-electron chi connectivity index (χ1n) is 14.6.